The minimum absolute atomic E-state index is 0.0970. The summed E-state index contributed by atoms with van der Waals surface area (Å²) in [6.07, 6.45) is -0.734. The zero-order valence-electron chi connectivity index (χ0n) is 14.0. The van der Waals surface area contributed by atoms with Gasteiger partial charge < -0.3 is 14.0 Å². The van der Waals surface area contributed by atoms with Gasteiger partial charge in [-0.1, -0.05) is 53.2 Å². The lowest BCUT2D eigenvalue weighted by Crippen LogP contribution is -2.26. The number of carbonyl (C=O) groups excluding carboxylic acids is 1. The fraction of sp³-hybridized carbons (Fsp3) is 0.211. The van der Waals surface area contributed by atoms with Crippen LogP contribution in [0.15, 0.2) is 59.1 Å². The number of para-hydroxylation sites is 1. The van der Waals surface area contributed by atoms with E-state index in [1.165, 1.54) is 0 Å². The van der Waals surface area contributed by atoms with Gasteiger partial charge in [-0.2, -0.15) is 4.98 Å². The van der Waals surface area contributed by atoms with Crippen molar-refractivity contribution in [1.82, 2.24) is 10.1 Å². The summed E-state index contributed by atoms with van der Waals surface area (Å²) in [4.78, 5) is 16.2. The normalized spacial score (nSPS) is 11.8. The topological polar surface area (TPSA) is 74.5 Å². The average molecular weight is 338 g/mol. The number of hydrogen-bond donors (Lipinski definition) is 0. The van der Waals surface area contributed by atoms with Crippen molar-refractivity contribution in [3.05, 3.63) is 66.1 Å². The van der Waals surface area contributed by atoms with E-state index in [4.69, 9.17) is 14.0 Å². The van der Waals surface area contributed by atoms with E-state index in [-0.39, 0.29) is 12.5 Å². The molecule has 3 rings (SSSR count). The second-order valence-corrected chi connectivity index (χ2v) is 5.56. The summed E-state index contributed by atoms with van der Waals surface area (Å²) in [6, 6.07) is 16.8. The predicted octanol–water partition coefficient (Wildman–Crippen LogP) is 3.56. The Kier molecular flexibility index (Phi) is 5.09. The largest absolute Gasteiger partial charge is 0.479 e. The Hall–Kier alpha value is -3.15. The van der Waals surface area contributed by atoms with Crippen molar-refractivity contribution < 1.29 is 18.8 Å². The van der Waals surface area contributed by atoms with E-state index in [1.807, 2.05) is 49.4 Å². The van der Waals surface area contributed by atoms with E-state index in [2.05, 4.69) is 10.1 Å². The molecule has 2 aromatic carbocycles. The number of ether oxygens (including phenoxy) is 2. The molecule has 1 aromatic heterocycles. The lowest BCUT2D eigenvalue weighted by atomic mass is 10.1. The number of rotatable bonds is 6. The van der Waals surface area contributed by atoms with Crippen LogP contribution in [0.4, 0.5) is 0 Å². The highest BCUT2D eigenvalue weighted by atomic mass is 16.6. The van der Waals surface area contributed by atoms with Crippen LogP contribution in [-0.4, -0.2) is 22.2 Å². The zero-order chi connectivity index (χ0) is 17.6. The van der Waals surface area contributed by atoms with Gasteiger partial charge in [0.05, 0.1) is 0 Å². The molecule has 1 unspecified atom stereocenters. The van der Waals surface area contributed by atoms with Gasteiger partial charge in [-0.05, 0) is 26.0 Å². The van der Waals surface area contributed by atoms with Crippen molar-refractivity contribution in [3.63, 3.8) is 0 Å². The maximum absolute atomic E-state index is 12.0. The van der Waals surface area contributed by atoms with Gasteiger partial charge in [-0.25, -0.2) is 4.79 Å². The number of nitrogens with zero attached hydrogens (tertiary/aromatic N) is 2. The summed E-state index contributed by atoms with van der Waals surface area (Å²) in [6.45, 7) is 3.53. The fourth-order valence-electron chi connectivity index (χ4n) is 2.13. The van der Waals surface area contributed by atoms with Crippen molar-refractivity contribution in [2.75, 3.05) is 0 Å². The average Bonchev–Trinajstić information content (AvgIpc) is 3.10. The van der Waals surface area contributed by atoms with Gasteiger partial charge in [-0.3, -0.25) is 0 Å². The molecule has 0 aliphatic heterocycles. The SMILES string of the molecule is Cc1ccc(-c2noc(COC(=O)C(C)Oc3ccccc3)n2)cc1. The summed E-state index contributed by atoms with van der Waals surface area (Å²) >= 11 is 0. The Labute approximate surface area is 145 Å². The van der Waals surface area contributed by atoms with Crippen LogP contribution in [0.1, 0.15) is 18.4 Å². The van der Waals surface area contributed by atoms with E-state index in [1.54, 1.807) is 19.1 Å². The Balaban J connectivity index is 1.54. The molecule has 1 atom stereocenters. The maximum Gasteiger partial charge on any atom is 0.347 e. The standard InChI is InChI=1S/C19H18N2O4/c1-13-8-10-15(11-9-13)18-20-17(25-21-18)12-23-19(22)14(2)24-16-6-4-3-5-7-16/h3-11,14H,12H2,1-2H3. The maximum atomic E-state index is 12.0. The highest BCUT2D eigenvalue weighted by Gasteiger charge is 2.18. The molecule has 128 valence electrons. The third kappa shape index (κ3) is 4.44. The summed E-state index contributed by atoms with van der Waals surface area (Å²) in [7, 11) is 0. The molecule has 0 fully saturated rings. The highest BCUT2D eigenvalue weighted by Crippen LogP contribution is 2.17. The van der Waals surface area contributed by atoms with Crippen molar-refractivity contribution in [2.45, 2.75) is 26.6 Å². The monoisotopic (exact) mass is 338 g/mol. The minimum Gasteiger partial charge on any atom is -0.479 e. The molecule has 6 nitrogen and oxygen atoms in total. The fourth-order valence-corrected chi connectivity index (χ4v) is 2.13. The van der Waals surface area contributed by atoms with Crippen LogP contribution in [0, 0.1) is 6.92 Å². The van der Waals surface area contributed by atoms with Gasteiger partial charge in [-0.15, -0.1) is 0 Å². The molecule has 0 spiro atoms. The van der Waals surface area contributed by atoms with Crippen LogP contribution >= 0.6 is 0 Å². The van der Waals surface area contributed by atoms with Gasteiger partial charge in [0.2, 0.25) is 5.82 Å². The van der Waals surface area contributed by atoms with E-state index in [0.717, 1.165) is 11.1 Å². The number of benzene rings is 2. The first kappa shape index (κ1) is 16.7. The molecule has 0 aliphatic carbocycles. The van der Waals surface area contributed by atoms with Crippen molar-refractivity contribution in [3.8, 4) is 17.1 Å². The van der Waals surface area contributed by atoms with Crippen LogP contribution < -0.4 is 4.74 Å². The third-order valence-electron chi connectivity index (χ3n) is 3.50. The highest BCUT2D eigenvalue weighted by molar-refractivity contribution is 5.74. The summed E-state index contributed by atoms with van der Waals surface area (Å²) in [5.74, 6) is 0.792. The summed E-state index contributed by atoms with van der Waals surface area (Å²) < 4.78 is 15.8. The molecule has 0 bridgehead atoms. The molecule has 6 heteroatoms. The third-order valence-corrected chi connectivity index (χ3v) is 3.50. The molecule has 0 aliphatic rings. The Morgan fingerprint density at radius 1 is 1.12 bits per heavy atom. The number of aryl methyl sites for hydroxylation is 1. The van der Waals surface area contributed by atoms with Crippen LogP contribution in [0.25, 0.3) is 11.4 Å². The second-order valence-electron chi connectivity index (χ2n) is 5.56. The van der Waals surface area contributed by atoms with Crippen molar-refractivity contribution in [1.29, 1.82) is 0 Å². The van der Waals surface area contributed by atoms with Gasteiger partial charge in [0.15, 0.2) is 12.7 Å². The van der Waals surface area contributed by atoms with E-state index in [9.17, 15) is 4.79 Å². The van der Waals surface area contributed by atoms with Crippen LogP contribution in [0.5, 0.6) is 5.75 Å². The lowest BCUT2D eigenvalue weighted by Gasteiger charge is -2.12. The van der Waals surface area contributed by atoms with Crippen molar-refractivity contribution in [2.24, 2.45) is 0 Å². The van der Waals surface area contributed by atoms with Crippen LogP contribution in [-0.2, 0) is 16.1 Å². The summed E-state index contributed by atoms with van der Waals surface area (Å²) in [5.41, 5.74) is 1.99. The molecule has 0 radical (unpaired) electrons. The quantitative estimate of drug-likeness (QED) is 0.640. The Morgan fingerprint density at radius 2 is 1.84 bits per heavy atom. The molecule has 0 amide bonds. The number of esters is 1. The van der Waals surface area contributed by atoms with Crippen molar-refractivity contribution >= 4 is 5.97 Å². The first-order valence-corrected chi connectivity index (χ1v) is 7.90. The van der Waals surface area contributed by atoms with Gasteiger partial charge in [0.25, 0.3) is 5.89 Å². The molecule has 0 saturated heterocycles. The molecular formula is C19H18N2O4. The molecular weight excluding hydrogens is 320 g/mol. The number of aromatic nitrogens is 2. The van der Waals surface area contributed by atoms with E-state index < -0.39 is 12.1 Å². The molecule has 3 aromatic rings. The Bertz CT molecular complexity index is 828. The van der Waals surface area contributed by atoms with E-state index in [0.29, 0.717) is 11.6 Å². The molecule has 0 N–H and O–H groups in total. The summed E-state index contributed by atoms with van der Waals surface area (Å²) in [5, 5.41) is 3.90. The number of carbonyl (C=O) groups is 1. The van der Waals surface area contributed by atoms with Crippen LogP contribution in [0.3, 0.4) is 0 Å². The van der Waals surface area contributed by atoms with Gasteiger partial charge in [0.1, 0.15) is 5.75 Å². The smallest absolute Gasteiger partial charge is 0.347 e. The lowest BCUT2D eigenvalue weighted by molar-refractivity contribution is -0.153. The first-order valence-electron chi connectivity index (χ1n) is 7.90. The Morgan fingerprint density at radius 3 is 2.56 bits per heavy atom. The van der Waals surface area contributed by atoms with Gasteiger partial charge >= 0.3 is 5.97 Å². The van der Waals surface area contributed by atoms with E-state index >= 15 is 0 Å². The first-order chi connectivity index (χ1) is 12.1. The number of hydrogen-bond acceptors (Lipinski definition) is 6. The molecule has 25 heavy (non-hydrogen) atoms. The zero-order valence-corrected chi connectivity index (χ0v) is 14.0. The van der Waals surface area contributed by atoms with Gasteiger partial charge in [0, 0.05) is 5.56 Å². The minimum atomic E-state index is -0.734. The second kappa shape index (κ2) is 7.61. The molecule has 1 heterocycles. The van der Waals surface area contributed by atoms with Crippen LogP contribution in [0.2, 0.25) is 0 Å². The molecule has 0 saturated carbocycles. The predicted molar refractivity (Wildman–Crippen MR) is 90.8 cm³/mol.